The summed E-state index contributed by atoms with van der Waals surface area (Å²) < 4.78 is 5.23. The number of carboxylic acids is 1. The van der Waals surface area contributed by atoms with E-state index in [2.05, 4.69) is 5.32 Å². The Hall–Kier alpha value is -2.82. The number of carbonyl (C=O) groups excluding carboxylic acids is 1. The first-order valence-corrected chi connectivity index (χ1v) is 8.34. The van der Waals surface area contributed by atoms with Crippen LogP contribution in [0, 0.1) is 0 Å². The standard InChI is InChI=1S/C20H21NO4/c1-25-17-6-4-5-16(13-17)14-7-9-15(10-8-14)18(22)21-20(19(23)24)11-2-3-12-20/h4-10,13H,2-3,11-12H2,1H3,(H,21,22)(H,23,24). The number of methoxy groups -OCH3 is 1. The molecule has 1 saturated carbocycles. The molecule has 0 spiro atoms. The molecule has 0 atom stereocenters. The van der Waals surface area contributed by atoms with E-state index in [4.69, 9.17) is 4.74 Å². The van der Waals surface area contributed by atoms with E-state index in [1.807, 2.05) is 36.4 Å². The Bertz CT molecular complexity index is 777. The number of benzene rings is 2. The van der Waals surface area contributed by atoms with Crippen LogP contribution in [-0.2, 0) is 4.79 Å². The summed E-state index contributed by atoms with van der Waals surface area (Å²) in [6, 6.07) is 14.8. The Morgan fingerprint density at radius 1 is 1.04 bits per heavy atom. The lowest BCUT2D eigenvalue weighted by Crippen LogP contribution is -2.52. The first-order chi connectivity index (χ1) is 12.0. The van der Waals surface area contributed by atoms with E-state index in [0.29, 0.717) is 18.4 Å². The fourth-order valence-corrected chi connectivity index (χ4v) is 3.28. The van der Waals surface area contributed by atoms with Crippen molar-refractivity contribution in [3.63, 3.8) is 0 Å². The molecule has 5 nitrogen and oxygen atoms in total. The van der Waals surface area contributed by atoms with E-state index in [1.165, 1.54) is 0 Å². The predicted octanol–water partition coefficient (Wildman–Crippen LogP) is 3.49. The van der Waals surface area contributed by atoms with Crippen LogP contribution in [-0.4, -0.2) is 29.6 Å². The number of aliphatic carboxylic acids is 1. The van der Waals surface area contributed by atoms with Crippen molar-refractivity contribution in [3.8, 4) is 16.9 Å². The van der Waals surface area contributed by atoms with Crippen molar-refractivity contribution in [1.29, 1.82) is 0 Å². The average Bonchev–Trinajstić information content (AvgIpc) is 3.12. The van der Waals surface area contributed by atoms with Gasteiger partial charge in [0.2, 0.25) is 0 Å². The minimum atomic E-state index is -1.12. The van der Waals surface area contributed by atoms with E-state index in [9.17, 15) is 14.7 Å². The fourth-order valence-electron chi connectivity index (χ4n) is 3.28. The van der Waals surface area contributed by atoms with Crippen LogP contribution < -0.4 is 10.1 Å². The number of carbonyl (C=O) groups is 2. The Balaban J connectivity index is 1.77. The van der Waals surface area contributed by atoms with E-state index in [-0.39, 0.29) is 5.91 Å². The highest BCUT2D eigenvalue weighted by atomic mass is 16.5. The molecule has 1 aliphatic rings. The molecule has 0 heterocycles. The number of hydrogen-bond acceptors (Lipinski definition) is 3. The van der Waals surface area contributed by atoms with Gasteiger partial charge in [-0.1, -0.05) is 37.1 Å². The zero-order valence-electron chi connectivity index (χ0n) is 14.1. The van der Waals surface area contributed by atoms with Crippen LogP contribution in [0.2, 0.25) is 0 Å². The van der Waals surface area contributed by atoms with Crippen LogP contribution in [0.15, 0.2) is 48.5 Å². The number of carboxylic acid groups (broad SMARTS) is 1. The van der Waals surface area contributed by atoms with E-state index in [0.717, 1.165) is 29.7 Å². The molecule has 0 saturated heterocycles. The molecule has 1 fully saturated rings. The molecule has 3 rings (SSSR count). The van der Waals surface area contributed by atoms with Gasteiger partial charge in [0, 0.05) is 5.56 Å². The van der Waals surface area contributed by atoms with Crippen molar-refractivity contribution in [3.05, 3.63) is 54.1 Å². The number of ether oxygens (including phenoxy) is 1. The molecule has 2 aromatic carbocycles. The average molecular weight is 339 g/mol. The molecular formula is C20H21NO4. The summed E-state index contributed by atoms with van der Waals surface area (Å²) in [6.07, 6.45) is 2.61. The summed E-state index contributed by atoms with van der Waals surface area (Å²) in [5.41, 5.74) is 1.29. The number of rotatable bonds is 5. The molecule has 130 valence electrons. The predicted molar refractivity (Wildman–Crippen MR) is 94.7 cm³/mol. The molecule has 0 bridgehead atoms. The summed E-state index contributed by atoms with van der Waals surface area (Å²) in [6.45, 7) is 0. The van der Waals surface area contributed by atoms with Gasteiger partial charge >= 0.3 is 5.97 Å². The molecule has 2 aromatic rings. The Morgan fingerprint density at radius 2 is 1.72 bits per heavy atom. The SMILES string of the molecule is COc1cccc(-c2ccc(C(=O)NC3(C(=O)O)CCCC3)cc2)c1. The minimum absolute atomic E-state index is 0.346. The van der Waals surface area contributed by atoms with Crippen molar-refractivity contribution >= 4 is 11.9 Å². The van der Waals surface area contributed by atoms with Crippen molar-refractivity contribution < 1.29 is 19.4 Å². The van der Waals surface area contributed by atoms with Gasteiger partial charge in [-0.3, -0.25) is 4.79 Å². The largest absolute Gasteiger partial charge is 0.497 e. The summed E-state index contributed by atoms with van der Waals surface area (Å²) in [5.74, 6) is -0.531. The van der Waals surface area contributed by atoms with E-state index >= 15 is 0 Å². The molecule has 5 heteroatoms. The van der Waals surface area contributed by atoms with Crippen molar-refractivity contribution in [2.24, 2.45) is 0 Å². The number of amides is 1. The minimum Gasteiger partial charge on any atom is -0.497 e. The van der Waals surface area contributed by atoms with Crippen LogP contribution in [0.3, 0.4) is 0 Å². The summed E-state index contributed by atoms with van der Waals surface area (Å²) >= 11 is 0. The quantitative estimate of drug-likeness (QED) is 0.874. The van der Waals surface area contributed by atoms with Crippen LogP contribution in [0.4, 0.5) is 0 Å². The molecule has 2 N–H and O–H groups in total. The highest BCUT2D eigenvalue weighted by molar-refractivity contribution is 5.98. The van der Waals surface area contributed by atoms with Crippen LogP contribution in [0.1, 0.15) is 36.0 Å². The zero-order valence-corrected chi connectivity index (χ0v) is 14.1. The van der Waals surface area contributed by atoms with Crippen LogP contribution in [0.5, 0.6) is 5.75 Å². The van der Waals surface area contributed by atoms with Gasteiger partial charge in [0.1, 0.15) is 11.3 Å². The highest BCUT2D eigenvalue weighted by Crippen LogP contribution is 2.30. The molecule has 25 heavy (non-hydrogen) atoms. The van der Waals surface area contributed by atoms with Gasteiger partial charge in [-0.05, 0) is 48.2 Å². The monoisotopic (exact) mass is 339 g/mol. The Kier molecular flexibility index (Phi) is 4.74. The molecule has 0 aliphatic heterocycles. The lowest BCUT2D eigenvalue weighted by molar-refractivity contribution is -0.144. The van der Waals surface area contributed by atoms with Gasteiger partial charge in [-0.15, -0.1) is 0 Å². The van der Waals surface area contributed by atoms with Gasteiger partial charge in [-0.25, -0.2) is 4.79 Å². The zero-order chi connectivity index (χ0) is 17.9. The van der Waals surface area contributed by atoms with E-state index < -0.39 is 11.5 Å². The first kappa shape index (κ1) is 17.0. The molecule has 0 radical (unpaired) electrons. The second-order valence-electron chi connectivity index (χ2n) is 6.36. The number of hydrogen-bond donors (Lipinski definition) is 2. The third-order valence-electron chi connectivity index (χ3n) is 4.77. The second-order valence-corrected chi connectivity index (χ2v) is 6.36. The third kappa shape index (κ3) is 3.50. The number of nitrogens with one attached hydrogen (secondary N) is 1. The van der Waals surface area contributed by atoms with Gasteiger partial charge in [0.05, 0.1) is 7.11 Å². The molecule has 0 unspecified atom stereocenters. The van der Waals surface area contributed by atoms with Gasteiger partial charge < -0.3 is 15.2 Å². The summed E-state index contributed by atoms with van der Waals surface area (Å²) in [7, 11) is 1.62. The maximum absolute atomic E-state index is 12.5. The Morgan fingerprint density at radius 3 is 2.32 bits per heavy atom. The van der Waals surface area contributed by atoms with Gasteiger partial charge in [0.15, 0.2) is 0 Å². The fraction of sp³-hybridized carbons (Fsp3) is 0.300. The van der Waals surface area contributed by atoms with Crippen LogP contribution in [0.25, 0.3) is 11.1 Å². The normalized spacial score (nSPS) is 15.6. The Labute approximate surface area is 146 Å². The maximum Gasteiger partial charge on any atom is 0.329 e. The lowest BCUT2D eigenvalue weighted by Gasteiger charge is -2.25. The molecular weight excluding hydrogens is 318 g/mol. The van der Waals surface area contributed by atoms with Crippen molar-refractivity contribution in [1.82, 2.24) is 5.32 Å². The molecule has 0 aromatic heterocycles. The first-order valence-electron chi connectivity index (χ1n) is 8.34. The van der Waals surface area contributed by atoms with Gasteiger partial charge in [-0.2, -0.15) is 0 Å². The van der Waals surface area contributed by atoms with E-state index in [1.54, 1.807) is 19.2 Å². The third-order valence-corrected chi connectivity index (χ3v) is 4.77. The summed E-state index contributed by atoms with van der Waals surface area (Å²) in [5, 5.41) is 12.2. The highest BCUT2D eigenvalue weighted by Gasteiger charge is 2.42. The maximum atomic E-state index is 12.5. The second kappa shape index (κ2) is 6.97. The topological polar surface area (TPSA) is 75.6 Å². The molecule has 1 amide bonds. The smallest absolute Gasteiger partial charge is 0.329 e. The van der Waals surface area contributed by atoms with Crippen molar-refractivity contribution in [2.75, 3.05) is 7.11 Å². The summed E-state index contributed by atoms with van der Waals surface area (Å²) in [4.78, 5) is 24.0. The molecule has 1 aliphatic carbocycles. The van der Waals surface area contributed by atoms with Crippen molar-refractivity contribution in [2.45, 2.75) is 31.2 Å². The van der Waals surface area contributed by atoms with Crippen LogP contribution >= 0.6 is 0 Å². The lowest BCUT2D eigenvalue weighted by atomic mass is 9.97. The van der Waals surface area contributed by atoms with Gasteiger partial charge in [0.25, 0.3) is 5.91 Å².